The molecule has 35 heavy (non-hydrogen) atoms. The summed E-state index contributed by atoms with van der Waals surface area (Å²) in [4.78, 5) is 18.3. The van der Waals surface area contributed by atoms with Gasteiger partial charge in [-0.1, -0.05) is 74.6 Å². The first-order valence-corrected chi connectivity index (χ1v) is 14.3. The zero-order valence-corrected chi connectivity index (χ0v) is 22.6. The average Bonchev–Trinajstić information content (AvgIpc) is 3.26. The summed E-state index contributed by atoms with van der Waals surface area (Å²) >= 11 is 1.65. The number of unbranched alkanes of at least 4 members (excludes halogenated alkanes) is 1. The molecule has 0 saturated carbocycles. The van der Waals surface area contributed by atoms with Gasteiger partial charge in [-0.2, -0.15) is 0 Å². The zero-order chi connectivity index (χ0) is 25.0. The number of nitrogens with one attached hydrogen (secondary N) is 2. The van der Waals surface area contributed by atoms with Gasteiger partial charge in [0.2, 0.25) is 5.91 Å². The van der Waals surface area contributed by atoms with Gasteiger partial charge in [-0.15, -0.1) is 11.3 Å². The van der Waals surface area contributed by atoms with E-state index in [4.69, 9.17) is 0 Å². The number of rotatable bonds is 17. The van der Waals surface area contributed by atoms with Gasteiger partial charge in [0.25, 0.3) is 0 Å². The molecule has 1 aliphatic rings. The molecule has 0 aliphatic heterocycles. The standard InChI is InChI=1S/C30H45N3OS/c1-3-5-6-7-8-9-10-11-12-13-14-15-16-17-18-19-20-21-29(34)33-30-32-27-23-22-26(31-24-4-2)25-28(27)35-30/h5-6,8-9,11-12,14-15,17-18,26,31H,3-4,7,10,13,16,19-25H2,1-2H3,(H,32,33,34)/b6-5-,9-8-,12-11-,15-14-,18-17-/t26-/m1/s1. The molecule has 1 heterocycles. The minimum absolute atomic E-state index is 0.0732. The topological polar surface area (TPSA) is 54.0 Å². The van der Waals surface area contributed by atoms with E-state index in [1.165, 1.54) is 10.6 Å². The summed E-state index contributed by atoms with van der Waals surface area (Å²) in [5.74, 6) is 0.0732. The highest BCUT2D eigenvalue weighted by atomic mass is 32.1. The van der Waals surface area contributed by atoms with Crippen LogP contribution in [-0.4, -0.2) is 23.5 Å². The van der Waals surface area contributed by atoms with Crippen LogP contribution in [-0.2, 0) is 17.6 Å². The number of hydrogen-bond donors (Lipinski definition) is 2. The Kier molecular flexibility index (Phi) is 15.7. The Morgan fingerprint density at radius 1 is 0.943 bits per heavy atom. The third kappa shape index (κ3) is 13.4. The normalized spacial score (nSPS) is 16.5. The van der Waals surface area contributed by atoms with E-state index in [2.05, 4.69) is 90.2 Å². The Hall–Kier alpha value is -2.24. The molecule has 1 aromatic heterocycles. The van der Waals surface area contributed by atoms with Crippen LogP contribution in [0.25, 0.3) is 0 Å². The van der Waals surface area contributed by atoms with E-state index < -0.39 is 0 Å². The monoisotopic (exact) mass is 495 g/mol. The molecular formula is C30H45N3OS. The summed E-state index contributed by atoms with van der Waals surface area (Å²) in [7, 11) is 0. The third-order valence-electron chi connectivity index (χ3n) is 5.80. The fraction of sp³-hybridized carbons (Fsp3) is 0.533. The van der Waals surface area contributed by atoms with Crippen molar-refractivity contribution in [1.29, 1.82) is 0 Å². The van der Waals surface area contributed by atoms with E-state index in [-0.39, 0.29) is 5.91 Å². The van der Waals surface area contributed by atoms with Crippen molar-refractivity contribution in [3.05, 3.63) is 71.3 Å². The molecule has 0 bridgehead atoms. The molecule has 1 aromatic rings. The van der Waals surface area contributed by atoms with Gasteiger partial charge in [0, 0.05) is 17.3 Å². The van der Waals surface area contributed by atoms with E-state index in [1.54, 1.807) is 11.3 Å². The van der Waals surface area contributed by atoms with E-state index in [0.29, 0.717) is 12.5 Å². The van der Waals surface area contributed by atoms with Crippen molar-refractivity contribution in [2.45, 2.75) is 96.9 Å². The van der Waals surface area contributed by atoms with Crippen molar-refractivity contribution in [2.24, 2.45) is 0 Å². The lowest BCUT2D eigenvalue weighted by atomic mass is 9.98. The first-order chi connectivity index (χ1) is 17.2. The van der Waals surface area contributed by atoms with Crippen LogP contribution in [0.4, 0.5) is 5.13 Å². The fourth-order valence-corrected chi connectivity index (χ4v) is 4.99. The minimum atomic E-state index is 0.0732. The predicted molar refractivity (Wildman–Crippen MR) is 153 cm³/mol. The van der Waals surface area contributed by atoms with Crippen LogP contribution in [0.15, 0.2) is 60.8 Å². The zero-order valence-electron chi connectivity index (χ0n) is 21.8. The smallest absolute Gasteiger partial charge is 0.226 e. The number of carbonyl (C=O) groups is 1. The lowest BCUT2D eigenvalue weighted by molar-refractivity contribution is -0.116. The van der Waals surface area contributed by atoms with Crippen molar-refractivity contribution in [1.82, 2.24) is 10.3 Å². The summed E-state index contributed by atoms with van der Waals surface area (Å²) in [6.07, 6.45) is 33.8. The number of carbonyl (C=O) groups excluding carboxylic acids is 1. The summed E-state index contributed by atoms with van der Waals surface area (Å²) in [5, 5.41) is 7.39. The van der Waals surface area contributed by atoms with E-state index in [1.807, 2.05) is 0 Å². The van der Waals surface area contributed by atoms with Crippen molar-refractivity contribution in [3.8, 4) is 0 Å². The van der Waals surface area contributed by atoms with Gasteiger partial charge in [0.05, 0.1) is 5.69 Å². The fourth-order valence-electron chi connectivity index (χ4n) is 3.88. The molecule has 1 amide bonds. The second-order valence-electron chi connectivity index (χ2n) is 8.93. The van der Waals surface area contributed by atoms with Gasteiger partial charge in [-0.05, 0) is 77.2 Å². The molecular weight excluding hydrogens is 450 g/mol. The Bertz CT molecular complexity index is 863. The first-order valence-electron chi connectivity index (χ1n) is 13.5. The van der Waals surface area contributed by atoms with Crippen LogP contribution in [0.2, 0.25) is 0 Å². The van der Waals surface area contributed by atoms with Gasteiger partial charge in [-0.25, -0.2) is 4.98 Å². The largest absolute Gasteiger partial charge is 0.314 e. The molecule has 4 nitrogen and oxygen atoms in total. The molecule has 0 aromatic carbocycles. The molecule has 0 unspecified atom stereocenters. The third-order valence-corrected chi connectivity index (χ3v) is 6.84. The number of amides is 1. The number of anilines is 1. The minimum Gasteiger partial charge on any atom is -0.314 e. The van der Waals surface area contributed by atoms with Crippen LogP contribution >= 0.6 is 11.3 Å². The van der Waals surface area contributed by atoms with Crippen molar-refractivity contribution in [2.75, 3.05) is 11.9 Å². The number of aryl methyl sites for hydroxylation is 1. The maximum atomic E-state index is 12.3. The van der Waals surface area contributed by atoms with Gasteiger partial charge in [-0.3, -0.25) is 4.79 Å². The van der Waals surface area contributed by atoms with Crippen molar-refractivity contribution < 1.29 is 4.79 Å². The van der Waals surface area contributed by atoms with Crippen LogP contribution in [0, 0.1) is 0 Å². The van der Waals surface area contributed by atoms with Crippen LogP contribution in [0.5, 0.6) is 0 Å². The molecule has 0 radical (unpaired) electrons. The summed E-state index contributed by atoms with van der Waals surface area (Å²) < 4.78 is 0. The molecule has 1 aliphatic carbocycles. The van der Waals surface area contributed by atoms with Gasteiger partial charge < -0.3 is 10.6 Å². The van der Waals surface area contributed by atoms with Gasteiger partial charge >= 0.3 is 0 Å². The Labute approximate surface area is 217 Å². The summed E-state index contributed by atoms with van der Waals surface area (Å²) in [5.41, 5.74) is 1.18. The maximum Gasteiger partial charge on any atom is 0.226 e. The van der Waals surface area contributed by atoms with Crippen LogP contribution in [0.1, 0.15) is 88.6 Å². The molecule has 5 heteroatoms. The van der Waals surface area contributed by atoms with E-state index in [0.717, 1.165) is 82.3 Å². The van der Waals surface area contributed by atoms with Crippen molar-refractivity contribution in [3.63, 3.8) is 0 Å². The SMILES string of the molecule is CC/C=C\C/C=C\C/C=C\C/C=C\C/C=C\CCCC(=O)Nc1nc2c(s1)C[C@H](NCCC)CC2. The first kappa shape index (κ1) is 29.0. The summed E-state index contributed by atoms with van der Waals surface area (Å²) in [6.45, 7) is 5.42. The molecule has 0 spiro atoms. The van der Waals surface area contributed by atoms with E-state index >= 15 is 0 Å². The average molecular weight is 496 g/mol. The highest BCUT2D eigenvalue weighted by Crippen LogP contribution is 2.30. The molecule has 1 atom stereocenters. The lowest BCUT2D eigenvalue weighted by Gasteiger charge is -2.21. The number of thiazole rings is 1. The quantitative estimate of drug-likeness (QED) is 0.171. The summed E-state index contributed by atoms with van der Waals surface area (Å²) in [6, 6.07) is 0.551. The Balaban J connectivity index is 1.51. The second-order valence-corrected chi connectivity index (χ2v) is 10.0. The van der Waals surface area contributed by atoms with Gasteiger partial charge in [0.1, 0.15) is 0 Å². The number of fused-ring (bicyclic) bond motifs is 1. The van der Waals surface area contributed by atoms with Gasteiger partial charge in [0.15, 0.2) is 5.13 Å². The molecule has 2 rings (SSSR count). The molecule has 0 fully saturated rings. The number of allylic oxidation sites excluding steroid dienone is 10. The highest BCUT2D eigenvalue weighted by Gasteiger charge is 2.22. The molecule has 0 saturated heterocycles. The molecule has 192 valence electrons. The lowest BCUT2D eigenvalue weighted by Crippen LogP contribution is -2.34. The molecule has 2 N–H and O–H groups in total. The second kappa shape index (κ2) is 19.0. The van der Waals surface area contributed by atoms with Crippen LogP contribution < -0.4 is 10.6 Å². The number of hydrogen-bond acceptors (Lipinski definition) is 4. The Morgan fingerprint density at radius 2 is 1.57 bits per heavy atom. The van der Waals surface area contributed by atoms with Crippen LogP contribution in [0.3, 0.4) is 0 Å². The van der Waals surface area contributed by atoms with Crippen molar-refractivity contribution >= 4 is 22.4 Å². The number of nitrogens with zero attached hydrogens (tertiary/aromatic N) is 1. The highest BCUT2D eigenvalue weighted by molar-refractivity contribution is 7.15. The predicted octanol–water partition coefficient (Wildman–Crippen LogP) is 7.86. The van der Waals surface area contributed by atoms with E-state index in [9.17, 15) is 4.79 Å². The maximum absolute atomic E-state index is 12.3. The Morgan fingerprint density at radius 3 is 2.20 bits per heavy atom. The number of aromatic nitrogens is 1.